The van der Waals surface area contributed by atoms with Crippen LogP contribution in [0.15, 0.2) is 52.2 Å². The molecular weight excluding hydrogens is 376 g/mol. The Morgan fingerprint density at radius 3 is 2.61 bits per heavy atom. The molecule has 0 unspecified atom stereocenters. The van der Waals surface area contributed by atoms with Crippen molar-refractivity contribution < 1.29 is 8.42 Å². The van der Waals surface area contributed by atoms with E-state index in [0.717, 1.165) is 18.4 Å². The molecule has 0 radical (unpaired) electrons. The molecule has 7 nitrogen and oxygen atoms in total. The number of sulfonamides is 1. The van der Waals surface area contributed by atoms with Gasteiger partial charge in [0.05, 0.1) is 34.1 Å². The van der Waals surface area contributed by atoms with Crippen LogP contribution in [0.2, 0.25) is 0 Å². The van der Waals surface area contributed by atoms with Gasteiger partial charge in [-0.1, -0.05) is 12.1 Å². The molecule has 1 N–H and O–H groups in total. The second-order valence-corrected chi connectivity index (χ2v) is 9.24. The molecule has 0 spiro atoms. The van der Waals surface area contributed by atoms with Crippen molar-refractivity contribution in [3.63, 3.8) is 0 Å². The Bertz CT molecular complexity index is 1290. The average Bonchev–Trinajstić information content (AvgIpc) is 3.34. The maximum absolute atomic E-state index is 12.7. The average molecular weight is 396 g/mol. The molecule has 1 aliphatic carbocycles. The summed E-state index contributed by atoms with van der Waals surface area (Å²) in [5.41, 5.74) is 1.94. The number of aryl methyl sites for hydroxylation is 1. The molecule has 28 heavy (non-hydrogen) atoms. The van der Waals surface area contributed by atoms with Crippen LogP contribution in [0.25, 0.3) is 11.0 Å². The minimum absolute atomic E-state index is 0.146. The predicted molar refractivity (Wildman–Crippen MR) is 105 cm³/mol. The van der Waals surface area contributed by atoms with Crippen molar-refractivity contribution in [3.05, 3.63) is 64.1 Å². The first-order valence-electron chi connectivity index (χ1n) is 8.95. The predicted octanol–water partition coefficient (Wildman–Crippen LogP) is 2.09. The van der Waals surface area contributed by atoms with Gasteiger partial charge >= 0.3 is 5.69 Å². The SMILES string of the molecule is Cn1c(=O)n(Cc2cccc(C#N)c2)c2ccc(S(=O)(=O)NC3(C)CC3)cc21. The van der Waals surface area contributed by atoms with Gasteiger partial charge in [-0.3, -0.25) is 9.13 Å². The lowest BCUT2D eigenvalue weighted by atomic mass is 10.1. The van der Waals surface area contributed by atoms with E-state index in [1.54, 1.807) is 35.9 Å². The van der Waals surface area contributed by atoms with E-state index in [1.807, 2.05) is 13.0 Å². The summed E-state index contributed by atoms with van der Waals surface area (Å²) in [4.78, 5) is 12.9. The minimum atomic E-state index is -3.65. The van der Waals surface area contributed by atoms with Crippen LogP contribution in [0.4, 0.5) is 0 Å². The van der Waals surface area contributed by atoms with Crippen LogP contribution >= 0.6 is 0 Å². The molecule has 2 aromatic carbocycles. The zero-order valence-electron chi connectivity index (χ0n) is 15.6. The number of aromatic nitrogens is 2. The second kappa shape index (κ2) is 6.33. The van der Waals surface area contributed by atoms with Gasteiger partial charge in [0, 0.05) is 12.6 Å². The zero-order valence-corrected chi connectivity index (χ0v) is 16.5. The number of imidazole rings is 1. The molecule has 144 valence electrons. The Balaban J connectivity index is 1.77. The Labute approximate surface area is 162 Å². The van der Waals surface area contributed by atoms with Gasteiger partial charge in [-0.05, 0) is 55.7 Å². The summed E-state index contributed by atoms with van der Waals surface area (Å²) in [7, 11) is -2.02. The summed E-state index contributed by atoms with van der Waals surface area (Å²) in [5.74, 6) is 0. The maximum Gasteiger partial charge on any atom is 0.329 e. The fraction of sp³-hybridized carbons (Fsp3) is 0.300. The Hall–Kier alpha value is -2.89. The van der Waals surface area contributed by atoms with Crippen LogP contribution in [0.5, 0.6) is 0 Å². The molecule has 1 heterocycles. The fourth-order valence-electron chi connectivity index (χ4n) is 3.30. The Morgan fingerprint density at radius 1 is 1.18 bits per heavy atom. The van der Waals surface area contributed by atoms with Crippen LogP contribution in [-0.4, -0.2) is 23.1 Å². The fourth-order valence-corrected chi connectivity index (χ4v) is 4.79. The number of fused-ring (bicyclic) bond motifs is 1. The first-order chi connectivity index (χ1) is 13.2. The highest BCUT2D eigenvalue weighted by Crippen LogP contribution is 2.36. The summed E-state index contributed by atoms with van der Waals surface area (Å²) in [6, 6.07) is 13.9. The molecule has 0 aliphatic heterocycles. The van der Waals surface area contributed by atoms with E-state index in [4.69, 9.17) is 5.26 Å². The van der Waals surface area contributed by atoms with Crippen molar-refractivity contribution >= 4 is 21.1 Å². The van der Waals surface area contributed by atoms with Gasteiger partial charge in [0.2, 0.25) is 10.0 Å². The van der Waals surface area contributed by atoms with E-state index >= 15 is 0 Å². The van der Waals surface area contributed by atoms with Crippen LogP contribution < -0.4 is 10.4 Å². The van der Waals surface area contributed by atoms with Gasteiger partial charge in [0.25, 0.3) is 0 Å². The number of nitriles is 1. The quantitative estimate of drug-likeness (QED) is 0.714. The largest absolute Gasteiger partial charge is 0.329 e. The van der Waals surface area contributed by atoms with E-state index in [0.29, 0.717) is 23.1 Å². The highest BCUT2D eigenvalue weighted by Gasteiger charge is 2.41. The zero-order chi connectivity index (χ0) is 20.1. The van der Waals surface area contributed by atoms with Crippen LogP contribution in [0, 0.1) is 11.3 Å². The summed E-state index contributed by atoms with van der Waals surface area (Å²) in [5, 5.41) is 9.06. The van der Waals surface area contributed by atoms with Gasteiger partial charge in [-0.15, -0.1) is 0 Å². The second-order valence-electron chi connectivity index (χ2n) is 7.56. The first kappa shape index (κ1) is 18.5. The summed E-state index contributed by atoms with van der Waals surface area (Å²) < 4.78 is 31.1. The molecule has 1 saturated carbocycles. The lowest BCUT2D eigenvalue weighted by Gasteiger charge is -2.12. The lowest BCUT2D eigenvalue weighted by molar-refractivity contribution is 0.558. The number of nitrogens with zero attached hydrogens (tertiary/aromatic N) is 3. The molecule has 0 bridgehead atoms. The van der Waals surface area contributed by atoms with Crippen molar-refractivity contribution in [2.75, 3.05) is 0 Å². The molecule has 3 aromatic rings. The normalized spacial score (nSPS) is 15.5. The number of hydrogen-bond acceptors (Lipinski definition) is 4. The molecule has 1 aromatic heterocycles. The monoisotopic (exact) mass is 396 g/mol. The molecule has 1 aliphatic rings. The topological polar surface area (TPSA) is 96.9 Å². The number of benzene rings is 2. The van der Waals surface area contributed by atoms with E-state index in [1.165, 1.54) is 16.7 Å². The van der Waals surface area contributed by atoms with Crippen molar-refractivity contribution in [1.82, 2.24) is 13.9 Å². The van der Waals surface area contributed by atoms with Crippen molar-refractivity contribution in [2.45, 2.75) is 36.7 Å². The third-order valence-corrected chi connectivity index (χ3v) is 6.84. The summed E-state index contributed by atoms with van der Waals surface area (Å²) in [6.07, 6.45) is 1.65. The van der Waals surface area contributed by atoms with E-state index in [9.17, 15) is 13.2 Å². The van der Waals surface area contributed by atoms with Crippen molar-refractivity contribution in [2.24, 2.45) is 7.05 Å². The Kier molecular flexibility index (Phi) is 4.17. The van der Waals surface area contributed by atoms with Crippen LogP contribution in [-0.2, 0) is 23.6 Å². The highest BCUT2D eigenvalue weighted by molar-refractivity contribution is 7.89. The maximum atomic E-state index is 12.7. The van der Waals surface area contributed by atoms with Crippen LogP contribution in [0.1, 0.15) is 30.9 Å². The summed E-state index contributed by atoms with van der Waals surface area (Å²) >= 11 is 0. The molecule has 0 atom stereocenters. The van der Waals surface area contributed by atoms with Gasteiger partial charge in [-0.25, -0.2) is 17.9 Å². The molecule has 0 saturated heterocycles. The number of hydrogen-bond donors (Lipinski definition) is 1. The van der Waals surface area contributed by atoms with E-state index < -0.39 is 10.0 Å². The number of rotatable bonds is 5. The van der Waals surface area contributed by atoms with Crippen molar-refractivity contribution in [1.29, 1.82) is 5.26 Å². The van der Waals surface area contributed by atoms with Crippen molar-refractivity contribution in [3.8, 4) is 6.07 Å². The van der Waals surface area contributed by atoms with Gasteiger partial charge in [0.15, 0.2) is 0 Å². The third kappa shape index (κ3) is 3.23. The number of nitrogens with one attached hydrogen (secondary N) is 1. The standard InChI is InChI=1S/C20H20N4O3S/c1-20(8-9-20)22-28(26,27)16-6-7-17-18(11-16)23(2)19(25)24(17)13-15-5-3-4-14(10-15)12-21/h3-7,10-11,22H,8-9,13H2,1-2H3. The Morgan fingerprint density at radius 2 is 1.93 bits per heavy atom. The lowest BCUT2D eigenvalue weighted by Crippen LogP contribution is -2.34. The van der Waals surface area contributed by atoms with E-state index in [-0.39, 0.29) is 16.1 Å². The molecule has 4 rings (SSSR count). The van der Waals surface area contributed by atoms with Gasteiger partial charge in [-0.2, -0.15) is 5.26 Å². The molecule has 1 fully saturated rings. The van der Waals surface area contributed by atoms with Gasteiger partial charge < -0.3 is 0 Å². The van der Waals surface area contributed by atoms with E-state index in [2.05, 4.69) is 10.8 Å². The van der Waals surface area contributed by atoms with Gasteiger partial charge in [0.1, 0.15) is 0 Å². The molecule has 8 heteroatoms. The molecule has 0 amide bonds. The van der Waals surface area contributed by atoms with Crippen LogP contribution in [0.3, 0.4) is 0 Å². The smallest absolute Gasteiger partial charge is 0.295 e. The minimum Gasteiger partial charge on any atom is -0.295 e. The third-order valence-electron chi connectivity index (χ3n) is 5.20. The first-order valence-corrected chi connectivity index (χ1v) is 10.4. The highest BCUT2D eigenvalue weighted by atomic mass is 32.2. The molecular formula is C20H20N4O3S. The summed E-state index contributed by atoms with van der Waals surface area (Å²) in [6.45, 7) is 2.18.